The van der Waals surface area contributed by atoms with Crippen molar-refractivity contribution in [3.05, 3.63) is 18.2 Å². The maximum absolute atomic E-state index is 12.2. The fourth-order valence-electron chi connectivity index (χ4n) is 3.05. The largest absolute Gasteiger partial charge is 0.349 e. The summed E-state index contributed by atoms with van der Waals surface area (Å²) in [6, 6.07) is 0. The lowest BCUT2D eigenvalue weighted by molar-refractivity contribution is -0.124. The zero-order valence-electron chi connectivity index (χ0n) is 12.1. The highest BCUT2D eigenvalue weighted by molar-refractivity contribution is 7.91. The summed E-state index contributed by atoms with van der Waals surface area (Å²) in [5.41, 5.74) is -0.621. The van der Waals surface area contributed by atoms with Crippen molar-refractivity contribution < 1.29 is 13.2 Å². The van der Waals surface area contributed by atoms with Crippen LogP contribution in [-0.4, -0.2) is 58.9 Å². The van der Waals surface area contributed by atoms with Gasteiger partial charge in [-0.15, -0.1) is 0 Å². The van der Waals surface area contributed by atoms with Crippen LogP contribution in [0.2, 0.25) is 0 Å². The number of aromatic nitrogens is 2. The molecule has 116 valence electrons. The molecule has 0 bridgehead atoms. The summed E-state index contributed by atoms with van der Waals surface area (Å²) in [6.07, 6.45) is 4.20. The highest BCUT2D eigenvalue weighted by Crippen LogP contribution is 2.22. The van der Waals surface area contributed by atoms with Gasteiger partial charge < -0.3 is 9.88 Å². The van der Waals surface area contributed by atoms with Gasteiger partial charge in [-0.25, -0.2) is 13.4 Å². The predicted octanol–water partition coefficient (Wildman–Crippen LogP) is -0.608. The number of fused-ring (bicyclic) bond motifs is 1. The summed E-state index contributed by atoms with van der Waals surface area (Å²) in [7, 11) is -3.01. The molecule has 21 heavy (non-hydrogen) atoms. The van der Waals surface area contributed by atoms with Crippen LogP contribution in [0.3, 0.4) is 0 Å². The molecule has 1 aromatic heterocycles. The van der Waals surface area contributed by atoms with Crippen LogP contribution in [0.4, 0.5) is 0 Å². The van der Waals surface area contributed by atoms with Gasteiger partial charge >= 0.3 is 0 Å². The van der Waals surface area contributed by atoms with Gasteiger partial charge in [0.1, 0.15) is 5.82 Å². The Labute approximate surface area is 124 Å². The fraction of sp³-hybridized carbons (Fsp3) is 0.692. The van der Waals surface area contributed by atoms with Crippen molar-refractivity contribution in [3.8, 4) is 0 Å². The Morgan fingerprint density at radius 2 is 2.29 bits per heavy atom. The number of hydrogen-bond acceptors (Lipinski definition) is 5. The monoisotopic (exact) mass is 312 g/mol. The van der Waals surface area contributed by atoms with Gasteiger partial charge in [-0.05, 0) is 13.3 Å². The molecule has 1 amide bonds. The first kappa shape index (κ1) is 14.5. The fourth-order valence-corrected chi connectivity index (χ4v) is 5.14. The van der Waals surface area contributed by atoms with Gasteiger partial charge in [0.2, 0.25) is 5.91 Å². The number of rotatable bonds is 3. The van der Waals surface area contributed by atoms with Gasteiger partial charge in [0, 0.05) is 25.5 Å². The average Bonchev–Trinajstić information content (AvgIpc) is 2.92. The average molecular weight is 312 g/mol. The van der Waals surface area contributed by atoms with E-state index in [-0.39, 0.29) is 24.0 Å². The molecule has 8 heteroatoms. The molecule has 2 aliphatic heterocycles. The van der Waals surface area contributed by atoms with E-state index in [2.05, 4.69) is 14.9 Å². The lowest BCUT2D eigenvalue weighted by Gasteiger charge is -2.29. The SMILES string of the molecule is CC1(NC(=O)CN2CCn3ccnc3C2)CCS(=O)(=O)C1. The van der Waals surface area contributed by atoms with Crippen molar-refractivity contribution in [1.29, 1.82) is 0 Å². The van der Waals surface area contributed by atoms with Crippen LogP contribution in [-0.2, 0) is 27.7 Å². The number of carbonyl (C=O) groups is 1. The molecule has 3 rings (SSSR count). The Morgan fingerprint density at radius 1 is 1.48 bits per heavy atom. The van der Waals surface area contributed by atoms with E-state index in [9.17, 15) is 13.2 Å². The van der Waals surface area contributed by atoms with E-state index in [1.54, 1.807) is 13.1 Å². The number of nitrogens with zero attached hydrogens (tertiary/aromatic N) is 3. The van der Waals surface area contributed by atoms with E-state index in [1.807, 2.05) is 11.1 Å². The molecule has 0 aromatic carbocycles. The quantitative estimate of drug-likeness (QED) is 0.805. The maximum atomic E-state index is 12.2. The van der Waals surface area contributed by atoms with Crippen LogP contribution >= 0.6 is 0 Å². The Bertz CT molecular complexity index is 654. The number of nitrogens with one attached hydrogen (secondary N) is 1. The van der Waals surface area contributed by atoms with Gasteiger partial charge in [-0.1, -0.05) is 0 Å². The maximum Gasteiger partial charge on any atom is 0.234 e. The third-order valence-electron chi connectivity index (χ3n) is 4.14. The van der Waals surface area contributed by atoms with E-state index in [1.165, 1.54) is 0 Å². The topological polar surface area (TPSA) is 84.3 Å². The lowest BCUT2D eigenvalue weighted by Crippen LogP contribution is -2.51. The number of hydrogen-bond donors (Lipinski definition) is 1. The zero-order chi connectivity index (χ0) is 15.1. The third kappa shape index (κ3) is 3.26. The highest BCUT2D eigenvalue weighted by Gasteiger charge is 2.39. The van der Waals surface area contributed by atoms with Gasteiger partial charge in [0.05, 0.1) is 30.1 Å². The first-order chi connectivity index (χ1) is 9.85. The van der Waals surface area contributed by atoms with Crippen LogP contribution < -0.4 is 5.32 Å². The minimum absolute atomic E-state index is 0.0378. The highest BCUT2D eigenvalue weighted by atomic mass is 32.2. The first-order valence-electron chi connectivity index (χ1n) is 7.09. The summed E-state index contributed by atoms with van der Waals surface area (Å²) in [5.74, 6) is 1.04. The van der Waals surface area contributed by atoms with E-state index in [0.29, 0.717) is 13.0 Å². The van der Waals surface area contributed by atoms with Crippen LogP contribution in [0, 0.1) is 0 Å². The molecule has 1 aromatic rings. The third-order valence-corrected chi connectivity index (χ3v) is 6.04. The normalized spacial score (nSPS) is 28.2. The molecule has 1 N–H and O–H groups in total. The van der Waals surface area contributed by atoms with Gasteiger partial charge in [-0.2, -0.15) is 0 Å². The summed E-state index contributed by atoms with van der Waals surface area (Å²) >= 11 is 0. The van der Waals surface area contributed by atoms with Crippen LogP contribution in [0.1, 0.15) is 19.2 Å². The summed E-state index contributed by atoms with van der Waals surface area (Å²) in [6.45, 7) is 4.36. The Kier molecular flexibility index (Phi) is 3.53. The molecular weight excluding hydrogens is 292 g/mol. The van der Waals surface area contributed by atoms with E-state index in [4.69, 9.17) is 0 Å². The molecular formula is C13H20N4O3S. The van der Waals surface area contributed by atoms with Crippen LogP contribution in [0.25, 0.3) is 0 Å². The molecule has 0 spiro atoms. The van der Waals surface area contributed by atoms with E-state index in [0.717, 1.165) is 18.9 Å². The molecule has 1 fully saturated rings. The zero-order valence-corrected chi connectivity index (χ0v) is 12.9. The number of amides is 1. The van der Waals surface area contributed by atoms with Crippen molar-refractivity contribution in [2.75, 3.05) is 24.6 Å². The van der Waals surface area contributed by atoms with Crippen LogP contribution in [0.5, 0.6) is 0 Å². The molecule has 3 heterocycles. The molecule has 0 radical (unpaired) electrons. The molecule has 0 aliphatic carbocycles. The van der Waals surface area contributed by atoms with Crippen molar-refractivity contribution in [3.63, 3.8) is 0 Å². The van der Waals surface area contributed by atoms with Gasteiger partial charge in [0.25, 0.3) is 0 Å². The molecule has 2 aliphatic rings. The molecule has 7 nitrogen and oxygen atoms in total. The Balaban J connectivity index is 1.56. The first-order valence-corrected chi connectivity index (χ1v) is 8.91. The second-order valence-electron chi connectivity index (χ2n) is 6.20. The minimum atomic E-state index is -3.01. The summed E-state index contributed by atoms with van der Waals surface area (Å²) in [4.78, 5) is 18.5. The lowest BCUT2D eigenvalue weighted by atomic mass is 10.0. The van der Waals surface area contributed by atoms with Crippen LogP contribution in [0.15, 0.2) is 12.4 Å². The second kappa shape index (κ2) is 5.10. The molecule has 1 saturated heterocycles. The number of imidazole rings is 1. The standard InChI is InChI=1S/C13H20N4O3S/c1-13(2-7-21(19,20)10-13)15-12(18)9-16-5-6-17-4-3-14-11(17)8-16/h3-4H,2,5-10H2,1H3,(H,15,18). The minimum Gasteiger partial charge on any atom is -0.349 e. The smallest absolute Gasteiger partial charge is 0.234 e. The predicted molar refractivity (Wildman–Crippen MR) is 77.3 cm³/mol. The van der Waals surface area contributed by atoms with Crippen molar-refractivity contribution in [1.82, 2.24) is 19.8 Å². The van der Waals surface area contributed by atoms with Gasteiger partial charge in [-0.3, -0.25) is 9.69 Å². The van der Waals surface area contributed by atoms with E-state index < -0.39 is 15.4 Å². The number of sulfone groups is 1. The second-order valence-corrected chi connectivity index (χ2v) is 8.38. The number of carbonyl (C=O) groups excluding carboxylic acids is 1. The molecule has 0 saturated carbocycles. The Hall–Kier alpha value is -1.41. The molecule has 1 atom stereocenters. The Morgan fingerprint density at radius 3 is 3.00 bits per heavy atom. The summed E-state index contributed by atoms with van der Waals surface area (Å²) in [5, 5.41) is 2.89. The van der Waals surface area contributed by atoms with Crippen molar-refractivity contribution in [2.24, 2.45) is 0 Å². The van der Waals surface area contributed by atoms with Crippen molar-refractivity contribution in [2.45, 2.75) is 32.0 Å². The summed E-state index contributed by atoms with van der Waals surface area (Å²) < 4.78 is 25.2. The van der Waals surface area contributed by atoms with Gasteiger partial charge in [0.15, 0.2) is 9.84 Å². The van der Waals surface area contributed by atoms with Crippen molar-refractivity contribution >= 4 is 15.7 Å². The molecule has 1 unspecified atom stereocenters. The van der Waals surface area contributed by atoms with E-state index >= 15 is 0 Å².